The summed E-state index contributed by atoms with van der Waals surface area (Å²) in [7, 11) is 0. The fourth-order valence-electron chi connectivity index (χ4n) is 1.36. The summed E-state index contributed by atoms with van der Waals surface area (Å²) < 4.78 is 58.6. The summed E-state index contributed by atoms with van der Waals surface area (Å²) in [6, 6.07) is 0. The molecular weight excluding hydrogens is 276 g/mol. The smallest absolute Gasteiger partial charge is 0.344 e. The molecule has 0 bridgehead atoms. The highest BCUT2D eigenvalue weighted by molar-refractivity contribution is 5.90. The van der Waals surface area contributed by atoms with Gasteiger partial charge in [-0.1, -0.05) is 20.8 Å². The number of ether oxygens (including phenoxy) is 1. The molecule has 1 rings (SSSR count). The summed E-state index contributed by atoms with van der Waals surface area (Å²) in [4.78, 5) is 11.6. The molecule has 0 aromatic heterocycles. The highest BCUT2D eigenvalue weighted by Gasteiger charge is 2.29. The summed E-state index contributed by atoms with van der Waals surface area (Å²) in [5, 5.41) is 0. The second kappa shape index (κ2) is 5.81. The Hall–Kier alpha value is -1.59. The number of hydrogen-bond donors (Lipinski definition) is 0. The zero-order valence-electron chi connectivity index (χ0n) is 11.7. The van der Waals surface area contributed by atoms with Crippen molar-refractivity contribution in [3.63, 3.8) is 0 Å². The average molecular weight is 292 g/mol. The lowest BCUT2D eigenvalue weighted by Gasteiger charge is -2.22. The zero-order valence-corrected chi connectivity index (χ0v) is 11.7. The van der Waals surface area contributed by atoms with Crippen LogP contribution in [0.5, 0.6) is 0 Å². The first-order valence-corrected chi connectivity index (χ1v) is 6.12. The third-order valence-electron chi connectivity index (χ3n) is 3.24. The van der Waals surface area contributed by atoms with Gasteiger partial charge in [0, 0.05) is 5.56 Å². The van der Waals surface area contributed by atoms with Gasteiger partial charge in [0.05, 0.1) is 6.61 Å². The van der Waals surface area contributed by atoms with Gasteiger partial charge in [0.15, 0.2) is 23.3 Å². The van der Waals surface area contributed by atoms with E-state index in [0.29, 0.717) is 6.42 Å². The Balaban J connectivity index is 3.12. The molecule has 0 radical (unpaired) electrons. The summed E-state index contributed by atoms with van der Waals surface area (Å²) in [5.41, 5.74) is -2.55. The van der Waals surface area contributed by atoms with Gasteiger partial charge in [-0.15, -0.1) is 0 Å². The largest absolute Gasteiger partial charge is 0.461 e. The van der Waals surface area contributed by atoms with Gasteiger partial charge >= 0.3 is 5.97 Å². The van der Waals surface area contributed by atoms with Crippen molar-refractivity contribution in [2.24, 2.45) is 5.41 Å². The summed E-state index contributed by atoms with van der Waals surface area (Å²) >= 11 is 0. The molecular formula is C14H16F4O2. The number of halogens is 4. The van der Waals surface area contributed by atoms with Crippen molar-refractivity contribution >= 4 is 5.97 Å². The molecule has 20 heavy (non-hydrogen) atoms. The third-order valence-corrected chi connectivity index (χ3v) is 3.24. The Kier molecular flexibility index (Phi) is 4.78. The Morgan fingerprint density at radius 1 is 1.05 bits per heavy atom. The quantitative estimate of drug-likeness (QED) is 0.473. The maximum atomic E-state index is 13.6. The Labute approximate surface area is 114 Å². The van der Waals surface area contributed by atoms with Crippen LogP contribution in [0.2, 0.25) is 0 Å². The molecule has 0 N–H and O–H groups in total. The highest BCUT2D eigenvalue weighted by atomic mass is 19.2. The summed E-state index contributed by atoms with van der Waals surface area (Å²) in [5.74, 6) is -8.07. The van der Waals surface area contributed by atoms with Crippen molar-refractivity contribution in [1.82, 2.24) is 0 Å². The van der Waals surface area contributed by atoms with Gasteiger partial charge in [-0.2, -0.15) is 0 Å². The average Bonchev–Trinajstić information content (AvgIpc) is 2.41. The Bertz CT molecular complexity index is 509. The van der Waals surface area contributed by atoms with Gasteiger partial charge < -0.3 is 4.74 Å². The van der Waals surface area contributed by atoms with E-state index < -0.39 is 45.8 Å². The SMILES string of the molecule is CCC(C)(C)COC(=O)c1c(F)c(F)c(C)c(F)c1F. The minimum atomic E-state index is -1.74. The van der Waals surface area contributed by atoms with E-state index in [-0.39, 0.29) is 6.61 Å². The third kappa shape index (κ3) is 3.11. The van der Waals surface area contributed by atoms with Gasteiger partial charge in [0.25, 0.3) is 0 Å². The normalized spacial score (nSPS) is 11.6. The van der Waals surface area contributed by atoms with Crippen LogP contribution in [0.4, 0.5) is 17.6 Å². The molecule has 0 spiro atoms. The van der Waals surface area contributed by atoms with Crippen LogP contribution in [0.1, 0.15) is 43.1 Å². The van der Waals surface area contributed by atoms with Gasteiger partial charge in [0.1, 0.15) is 5.56 Å². The van der Waals surface area contributed by atoms with E-state index in [1.807, 2.05) is 6.92 Å². The maximum Gasteiger partial charge on any atom is 0.344 e. The van der Waals surface area contributed by atoms with Crippen LogP contribution in [0.25, 0.3) is 0 Å². The molecule has 0 fully saturated rings. The molecule has 0 saturated carbocycles. The molecule has 1 aromatic carbocycles. The van der Waals surface area contributed by atoms with Crippen LogP contribution in [-0.2, 0) is 4.74 Å². The minimum absolute atomic E-state index is 0.113. The predicted octanol–water partition coefficient (Wildman–Crippen LogP) is 4.14. The fraction of sp³-hybridized carbons (Fsp3) is 0.500. The second-order valence-corrected chi connectivity index (χ2v) is 5.35. The molecule has 0 atom stereocenters. The van der Waals surface area contributed by atoms with E-state index in [1.165, 1.54) is 0 Å². The van der Waals surface area contributed by atoms with E-state index in [0.717, 1.165) is 6.92 Å². The molecule has 0 aliphatic rings. The first kappa shape index (κ1) is 16.5. The van der Waals surface area contributed by atoms with Crippen LogP contribution < -0.4 is 0 Å². The lowest BCUT2D eigenvalue weighted by Crippen LogP contribution is -2.23. The molecule has 1 aromatic rings. The van der Waals surface area contributed by atoms with Gasteiger partial charge in [-0.25, -0.2) is 22.4 Å². The van der Waals surface area contributed by atoms with Crippen molar-refractivity contribution in [2.75, 3.05) is 6.61 Å². The number of esters is 1. The van der Waals surface area contributed by atoms with Crippen molar-refractivity contribution in [1.29, 1.82) is 0 Å². The standard InChI is InChI=1S/C14H16F4O2/c1-5-14(3,4)6-20-13(19)8-11(17)9(15)7(2)10(16)12(8)18/h5-6H2,1-4H3. The summed E-state index contributed by atoms with van der Waals surface area (Å²) in [6.07, 6.45) is 0.655. The molecule has 0 aliphatic heterocycles. The van der Waals surface area contributed by atoms with Crippen molar-refractivity contribution in [3.8, 4) is 0 Å². The maximum absolute atomic E-state index is 13.6. The Morgan fingerprint density at radius 3 is 1.90 bits per heavy atom. The molecule has 0 saturated heterocycles. The van der Waals surface area contributed by atoms with Crippen LogP contribution in [-0.4, -0.2) is 12.6 Å². The van der Waals surface area contributed by atoms with E-state index in [9.17, 15) is 22.4 Å². The van der Waals surface area contributed by atoms with E-state index in [1.54, 1.807) is 13.8 Å². The van der Waals surface area contributed by atoms with Crippen molar-refractivity contribution in [3.05, 3.63) is 34.4 Å². The molecule has 6 heteroatoms. The van der Waals surface area contributed by atoms with Crippen LogP contribution in [0.15, 0.2) is 0 Å². The van der Waals surface area contributed by atoms with Crippen LogP contribution in [0.3, 0.4) is 0 Å². The number of benzene rings is 1. The lowest BCUT2D eigenvalue weighted by atomic mass is 9.92. The van der Waals surface area contributed by atoms with Gasteiger partial charge in [-0.05, 0) is 18.8 Å². The molecule has 0 unspecified atom stereocenters. The van der Waals surface area contributed by atoms with Crippen LogP contribution in [0, 0.1) is 35.6 Å². The number of carbonyl (C=O) groups excluding carboxylic acids is 1. The molecule has 0 amide bonds. The number of rotatable bonds is 4. The lowest BCUT2D eigenvalue weighted by molar-refractivity contribution is 0.0322. The van der Waals surface area contributed by atoms with E-state index in [4.69, 9.17) is 4.74 Å². The zero-order chi connectivity index (χ0) is 15.7. The monoisotopic (exact) mass is 292 g/mol. The van der Waals surface area contributed by atoms with E-state index in [2.05, 4.69) is 0 Å². The molecule has 112 valence electrons. The fourth-order valence-corrected chi connectivity index (χ4v) is 1.36. The number of carbonyl (C=O) groups is 1. The second-order valence-electron chi connectivity index (χ2n) is 5.35. The number of hydrogen-bond acceptors (Lipinski definition) is 2. The van der Waals surface area contributed by atoms with Crippen molar-refractivity contribution < 1.29 is 27.1 Å². The molecule has 0 aliphatic carbocycles. The molecule has 2 nitrogen and oxygen atoms in total. The van der Waals surface area contributed by atoms with Crippen LogP contribution >= 0.6 is 0 Å². The first-order chi connectivity index (χ1) is 9.12. The Morgan fingerprint density at radius 2 is 1.50 bits per heavy atom. The summed E-state index contributed by atoms with van der Waals surface area (Å²) in [6.45, 7) is 6.18. The predicted molar refractivity (Wildman–Crippen MR) is 65.4 cm³/mol. The molecule has 0 heterocycles. The van der Waals surface area contributed by atoms with Gasteiger partial charge in [-0.3, -0.25) is 0 Å². The van der Waals surface area contributed by atoms with Gasteiger partial charge in [0.2, 0.25) is 0 Å². The topological polar surface area (TPSA) is 26.3 Å². The van der Waals surface area contributed by atoms with E-state index >= 15 is 0 Å². The van der Waals surface area contributed by atoms with Crippen molar-refractivity contribution in [2.45, 2.75) is 34.1 Å². The highest BCUT2D eigenvalue weighted by Crippen LogP contribution is 2.25. The minimum Gasteiger partial charge on any atom is -0.461 e. The first-order valence-electron chi connectivity index (χ1n) is 6.12.